The highest BCUT2D eigenvalue weighted by atomic mass is 35.5. The van der Waals surface area contributed by atoms with E-state index in [-0.39, 0.29) is 5.56 Å². The van der Waals surface area contributed by atoms with Gasteiger partial charge in [-0.05, 0) is 60.2 Å². The van der Waals surface area contributed by atoms with Gasteiger partial charge in [-0.3, -0.25) is 4.79 Å². The maximum absolute atomic E-state index is 13.3. The van der Waals surface area contributed by atoms with E-state index in [1.54, 1.807) is 30.3 Å². The third-order valence-corrected chi connectivity index (χ3v) is 4.52. The molecular formula is C20H15ClFNO4S. The van der Waals surface area contributed by atoms with Crippen molar-refractivity contribution in [3.8, 4) is 22.6 Å². The Morgan fingerprint density at radius 2 is 1.64 bits per heavy atom. The van der Waals surface area contributed by atoms with Gasteiger partial charge in [0.05, 0.1) is 6.26 Å². The summed E-state index contributed by atoms with van der Waals surface area (Å²) in [6.45, 7) is 0. The maximum Gasteiger partial charge on any atom is 0.264 e. The molecule has 1 amide bonds. The monoisotopic (exact) mass is 419 g/mol. The van der Waals surface area contributed by atoms with Crippen molar-refractivity contribution in [2.45, 2.75) is 0 Å². The zero-order valence-electron chi connectivity index (χ0n) is 14.6. The SMILES string of the molecule is CS(=O)(=O)NC(=O)c1ccc(Oc2ccc(Cl)cc2)c(-c2ccc(F)cc2)c1. The number of halogens is 2. The molecule has 144 valence electrons. The summed E-state index contributed by atoms with van der Waals surface area (Å²) in [5, 5.41) is 0.555. The molecule has 0 fully saturated rings. The predicted molar refractivity (Wildman–Crippen MR) is 106 cm³/mol. The van der Waals surface area contributed by atoms with Crippen LogP contribution in [0.5, 0.6) is 11.5 Å². The van der Waals surface area contributed by atoms with E-state index < -0.39 is 21.7 Å². The molecule has 28 heavy (non-hydrogen) atoms. The number of rotatable bonds is 5. The molecule has 1 N–H and O–H groups in total. The van der Waals surface area contributed by atoms with Crippen molar-refractivity contribution in [2.24, 2.45) is 0 Å². The van der Waals surface area contributed by atoms with Crippen LogP contribution in [0.15, 0.2) is 66.7 Å². The van der Waals surface area contributed by atoms with Crippen molar-refractivity contribution >= 4 is 27.5 Å². The summed E-state index contributed by atoms with van der Waals surface area (Å²) < 4.78 is 43.8. The lowest BCUT2D eigenvalue weighted by Crippen LogP contribution is -2.29. The maximum atomic E-state index is 13.3. The normalized spacial score (nSPS) is 11.1. The summed E-state index contributed by atoms with van der Waals surface area (Å²) in [5.41, 5.74) is 1.21. The van der Waals surface area contributed by atoms with E-state index in [2.05, 4.69) is 0 Å². The second-order valence-electron chi connectivity index (χ2n) is 5.98. The van der Waals surface area contributed by atoms with Crippen LogP contribution < -0.4 is 9.46 Å². The second kappa shape index (κ2) is 8.00. The van der Waals surface area contributed by atoms with Crippen LogP contribution in [0.3, 0.4) is 0 Å². The van der Waals surface area contributed by atoms with E-state index in [9.17, 15) is 17.6 Å². The quantitative estimate of drug-likeness (QED) is 0.654. The lowest BCUT2D eigenvalue weighted by Gasteiger charge is -2.13. The summed E-state index contributed by atoms with van der Waals surface area (Å²) >= 11 is 5.88. The van der Waals surface area contributed by atoms with Gasteiger partial charge in [-0.1, -0.05) is 23.7 Å². The smallest absolute Gasteiger partial charge is 0.264 e. The Morgan fingerprint density at radius 3 is 2.25 bits per heavy atom. The predicted octanol–water partition coefficient (Wildman–Crippen LogP) is 4.63. The van der Waals surface area contributed by atoms with Gasteiger partial charge < -0.3 is 4.74 Å². The molecule has 0 radical (unpaired) electrons. The Labute approximate surface area is 166 Å². The molecule has 0 aromatic heterocycles. The Morgan fingerprint density at radius 1 is 1.00 bits per heavy atom. The van der Waals surface area contributed by atoms with E-state index in [1.807, 2.05) is 4.72 Å². The largest absolute Gasteiger partial charge is 0.457 e. The van der Waals surface area contributed by atoms with Gasteiger partial charge in [-0.2, -0.15) is 0 Å². The number of amides is 1. The molecule has 3 aromatic carbocycles. The molecule has 0 atom stereocenters. The van der Waals surface area contributed by atoms with Gasteiger partial charge in [0.15, 0.2) is 0 Å². The van der Waals surface area contributed by atoms with Crippen LogP contribution in [0.4, 0.5) is 4.39 Å². The van der Waals surface area contributed by atoms with Gasteiger partial charge in [-0.15, -0.1) is 0 Å². The first-order chi connectivity index (χ1) is 13.2. The first kappa shape index (κ1) is 19.9. The summed E-state index contributed by atoms with van der Waals surface area (Å²) in [6, 6.07) is 16.8. The molecule has 0 heterocycles. The number of benzene rings is 3. The minimum atomic E-state index is -3.71. The molecule has 0 aliphatic heterocycles. The van der Waals surface area contributed by atoms with E-state index in [0.717, 1.165) is 6.26 Å². The number of sulfonamides is 1. The van der Waals surface area contributed by atoms with E-state index in [1.165, 1.54) is 36.4 Å². The van der Waals surface area contributed by atoms with Crippen LogP contribution >= 0.6 is 11.6 Å². The molecule has 8 heteroatoms. The van der Waals surface area contributed by atoms with E-state index in [0.29, 0.717) is 27.6 Å². The average molecular weight is 420 g/mol. The van der Waals surface area contributed by atoms with E-state index in [4.69, 9.17) is 16.3 Å². The van der Waals surface area contributed by atoms with Gasteiger partial charge in [0.25, 0.3) is 5.91 Å². The minimum absolute atomic E-state index is 0.119. The molecule has 0 bridgehead atoms. The van der Waals surface area contributed by atoms with Crippen molar-refractivity contribution < 1.29 is 22.3 Å². The zero-order chi connectivity index (χ0) is 20.3. The fourth-order valence-corrected chi connectivity index (χ4v) is 3.05. The molecule has 5 nitrogen and oxygen atoms in total. The molecule has 0 aliphatic rings. The van der Waals surface area contributed by atoms with Crippen LogP contribution in [-0.4, -0.2) is 20.6 Å². The zero-order valence-corrected chi connectivity index (χ0v) is 16.2. The van der Waals surface area contributed by atoms with Gasteiger partial charge in [0, 0.05) is 16.1 Å². The summed E-state index contributed by atoms with van der Waals surface area (Å²) in [4.78, 5) is 12.2. The molecule has 0 spiro atoms. The number of hydrogen-bond acceptors (Lipinski definition) is 4. The van der Waals surface area contributed by atoms with Crippen molar-refractivity contribution in [3.05, 3.63) is 83.1 Å². The number of carbonyl (C=O) groups is 1. The minimum Gasteiger partial charge on any atom is -0.457 e. The lowest BCUT2D eigenvalue weighted by atomic mass is 10.0. The van der Waals surface area contributed by atoms with Crippen molar-refractivity contribution in [1.82, 2.24) is 4.72 Å². The first-order valence-electron chi connectivity index (χ1n) is 8.07. The highest BCUT2D eigenvalue weighted by molar-refractivity contribution is 7.89. The van der Waals surface area contributed by atoms with Crippen molar-refractivity contribution in [2.75, 3.05) is 6.26 Å². The Kier molecular flexibility index (Phi) is 5.67. The third-order valence-electron chi connectivity index (χ3n) is 3.72. The van der Waals surface area contributed by atoms with Crippen LogP contribution in [0.2, 0.25) is 5.02 Å². The Bertz CT molecular complexity index is 1110. The van der Waals surface area contributed by atoms with Crippen molar-refractivity contribution in [3.63, 3.8) is 0 Å². The highest BCUT2D eigenvalue weighted by Gasteiger charge is 2.15. The molecule has 3 aromatic rings. The average Bonchev–Trinajstić information content (AvgIpc) is 2.63. The first-order valence-corrected chi connectivity index (χ1v) is 10.3. The van der Waals surface area contributed by atoms with Gasteiger partial charge in [-0.25, -0.2) is 17.5 Å². The molecule has 0 saturated heterocycles. The number of nitrogens with one attached hydrogen (secondary N) is 1. The summed E-state index contributed by atoms with van der Waals surface area (Å²) in [7, 11) is -3.71. The fraction of sp³-hybridized carbons (Fsp3) is 0.0500. The summed E-state index contributed by atoms with van der Waals surface area (Å²) in [6.07, 6.45) is 0.893. The van der Waals surface area contributed by atoms with Crippen LogP contribution in [0, 0.1) is 5.82 Å². The summed E-state index contributed by atoms with van der Waals surface area (Å²) in [5.74, 6) is -0.260. The van der Waals surface area contributed by atoms with Crippen molar-refractivity contribution in [1.29, 1.82) is 0 Å². The number of ether oxygens (including phenoxy) is 1. The van der Waals surface area contributed by atoms with Crippen LogP contribution in [0.25, 0.3) is 11.1 Å². The molecule has 0 aliphatic carbocycles. The van der Waals surface area contributed by atoms with Crippen LogP contribution in [-0.2, 0) is 10.0 Å². The fourth-order valence-electron chi connectivity index (χ4n) is 2.47. The lowest BCUT2D eigenvalue weighted by molar-refractivity contribution is 0.0981. The van der Waals surface area contributed by atoms with Gasteiger partial charge >= 0.3 is 0 Å². The molecule has 3 rings (SSSR count). The molecular weight excluding hydrogens is 405 g/mol. The molecule has 0 unspecified atom stereocenters. The number of hydrogen-bond donors (Lipinski definition) is 1. The van der Waals surface area contributed by atoms with Gasteiger partial charge in [0.1, 0.15) is 17.3 Å². The van der Waals surface area contributed by atoms with Gasteiger partial charge in [0.2, 0.25) is 10.0 Å². The third kappa shape index (κ3) is 5.09. The molecule has 0 saturated carbocycles. The van der Waals surface area contributed by atoms with E-state index >= 15 is 0 Å². The Balaban J connectivity index is 2.04. The number of carbonyl (C=O) groups excluding carboxylic acids is 1. The van der Waals surface area contributed by atoms with Crippen LogP contribution in [0.1, 0.15) is 10.4 Å². The second-order valence-corrected chi connectivity index (χ2v) is 8.16. The highest BCUT2D eigenvalue weighted by Crippen LogP contribution is 2.34. The Hall–Kier alpha value is -2.90. The standard InChI is InChI=1S/C20H15ClFNO4S/c1-28(25,26)23-20(24)14-4-11-19(27-17-9-5-15(21)6-10-17)18(12-14)13-2-7-16(22)8-3-13/h2-12H,1H3,(H,23,24). The topological polar surface area (TPSA) is 72.5 Å².